The van der Waals surface area contributed by atoms with Crippen molar-refractivity contribution in [1.82, 2.24) is 20.4 Å². The summed E-state index contributed by atoms with van der Waals surface area (Å²) >= 11 is 0. The van der Waals surface area contributed by atoms with Crippen molar-refractivity contribution in [2.75, 3.05) is 18.6 Å². The first-order chi connectivity index (χ1) is 15.6. The molecular weight excluding hydrogens is 406 g/mol. The van der Waals surface area contributed by atoms with Crippen LogP contribution in [-0.2, 0) is 0 Å². The van der Waals surface area contributed by atoms with Gasteiger partial charge in [-0.15, -0.1) is 0 Å². The molecule has 3 heterocycles. The Morgan fingerprint density at radius 2 is 1.62 bits per heavy atom. The van der Waals surface area contributed by atoms with Crippen molar-refractivity contribution >= 4 is 22.8 Å². The molecule has 1 amide bonds. The number of amides is 1. The molecule has 160 valence electrons. The summed E-state index contributed by atoms with van der Waals surface area (Å²) in [7, 11) is 0. The van der Waals surface area contributed by atoms with E-state index in [2.05, 4.69) is 20.8 Å². The molecule has 8 heteroatoms. The molecule has 0 unspecified atom stereocenters. The van der Waals surface area contributed by atoms with Gasteiger partial charge in [0.15, 0.2) is 11.5 Å². The number of pyridine rings is 1. The van der Waals surface area contributed by atoms with Crippen LogP contribution in [0.1, 0.15) is 21.7 Å². The van der Waals surface area contributed by atoms with E-state index in [0.717, 1.165) is 22.3 Å². The largest absolute Gasteiger partial charge is 0.486 e. The highest BCUT2D eigenvalue weighted by molar-refractivity contribution is 6.07. The van der Waals surface area contributed by atoms with Crippen LogP contribution in [0.5, 0.6) is 11.5 Å². The minimum atomic E-state index is -0.315. The van der Waals surface area contributed by atoms with Crippen LogP contribution in [0.25, 0.3) is 22.2 Å². The number of aryl methyl sites for hydroxylation is 2. The van der Waals surface area contributed by atoms with Crippen molar-refractivity contribution in [3.63, 3.8) is 0 Å². The predicted octanol–water partition coefficient (Wildman–Crippen LogP) is 3.84. The van der Waals surface area contributed by atoms with E-state index >= 15 is 0 Å². The van der Waals surface area contributed by atoms with Crippen LogP contribution in [0.3, 0.4) is 0 Å². The first kappa shape index (κ1) is 19.7. The second kappa shape index (κ2) is 8.14. The highest BCUT2D eigenvalue weighted by atomic mass is 16.6. The van der Waals surface area contributed by atoms with Crippen molar-refractivity contribution < 1.29 is 14.3 Å². The summed E-state index contributed by atoms with van der Waals surface area (Å²) in [5, 5.41) is 0.745. The number of para-hydroxylation sites is 1. The lowest BCUT2D eigenvalue weighted by atomic mass is 10.0. The molecule has 0 radical (unpaired) electrons. The molecule has 2 N–H and O–H groups in total. The normalized spacial score (nSPS) is 12.4. The van der Waals surface area contributed by atoms with Gasteiger partial charge in [-0.1, -0.05) is 18.2 Å². The van der Waals surface area contributed by atoms with E-state index in [1.54, 1.807) is 6.07 Å². The summed E-state index contributed by atoms with van der Waals surface area (Å²) in [4.78, 5) is 26.5. The molecule has 1 aliphatic rings. The average molecular weight is 427 g/mol. The van der Waals surface area contributed by atoms with Crippen molar-refractivity contribution in [1.29, 1.82) is 0 Å². The Bertz CT molecular complexity index is 1320. The number of aromatic nitrogens is 3. The number of nitrogens with one attached hydrogen (secondary N) is 2. The third kappa shape index (κ3) is 3.90. The number of nitrogens with zero attached hydrogens (tertiary/aromatic N) is 3. The molecule has 4 aromatic rings. The molecule has 1 aliphatic heterocycles. The monoisotopic (exact) mass is 427 g/mol. The zero-order chi connectivity index (χ0) is 22.1. The van der Waals surface area contributed by atoms with Gasteiger partial charge in [-0.25, -0.2) is 15.0 Å². The Labute approximate surface area is 184 Å². The number of carbonyl (C=O) groups is 1. The van der Waals surface area contributed by atoms with E-state index in [1.165, 1.54) is 0 Å². The van der Waals surface area contributed by atoms with Gasteiger partial charge in [0.2, 0.25) is 5.95 Å². The van der Waals surface area contributed by atoms with E-state index in [4.69, 9.17) is 14.5 Å². The topological polar surface area (TPSA) is 98.3 Å². The van der Waals surface area contributed by atoms with Crippen LogP contribution < -0.4 is 20.3 Å². The smallest absolute Gasteiger partial charge is 0.270 e. The molecule has 0 aliphatic carbocycles. The number of hydrogen-bond acceptors (Lipinski definition) is 7. The van der Waals surface area contributed by atoms with E-state index in [0.29, 0.717) is 47.4 Å². The van der Waals surface area contributed by atoms with E-state index in [9.17, 15) is 4.79 Å². The van der Waals surface area contributed by atoms with Crippen molar-refractivity contribution in [2.24, 2.45) is 0 Å². The van der Waals surface area contributed by atoms with Crippen LogP contribution in [-0.4, -0.2) is 34.1 Å². The van der Waals surface area contributed by atoms with Crippen molar-refractivity contribution in [3.8, 4) is 22.8 Å². The molecule has 2 aromatic heterocycles. The summed E-state index contributed by atoms with van der Waals surface area (Å²) in [6, 6.07) is 16.8. The zero-order valence-corrected chi connectivity index (χ0v) is 17.7. The summed E-state index contributed by atoms with van der Waals surface area (Å²) < 4.78 is 11.3. The second-order valence-corrected chi connectivity index (χ2v) is 7.48. The van der Waals surface area contributed by atoms with Crippen molar-refractivity contribution in [2.45, 2.75) is 13.8 Å². The van der Waals surface area contributed by atoms with Gasteiger partial charge in [-0.05, 0) is 50.2 Å². The maximum Gasteiger partial charge on any atom is 0.270 e. The molecule has 8 nitrogen and oxygen atoms in total. The van der Waals surface area contributed by atoms with Gasteiger partial charge in [0.1, 0.15) is 13.2 Å². The highest BCUT2D eigenvalue weighted by Gasteiger charge is 2.17. The van der Waals surface area contributed by atoms with Gasteiger partial charge in [0.25, 0.3) is 5.91 Å². The minimum absolute atomic E-state index is 0.315. The molecule has 5 rings (SSSR count). The summed E-state index contributed by atoms with van der Waals surface area (Å²) in [5.41, 5.74) is 9.83. The SMILES string of the molecule is Cc1cc(C)nc(NNC(=O)c2cc(-c3ccc4c(c3)OCCO4)nc3ccccc23)n1. The lowest BCUT2D eigenvalue weighted by molar-refractivity contribution is 0.0964. The lowest BCUT2D eigenvalue weighted by Crippen LogP contribution is -2.30. The van der Waals surface area contributed by atoms with Gasteiger partial charge in [-0.2, -0.15) is 0 Å². The average Bonchev–Trinajstić information content (AvgIpc) is 2.81. The molecule has 0 saturated carbocycles. The number of carbonyl (C=O) groups excluding carboxylic acids is 1. The van der Waals surface area contributed by atoms with Crippen LogP contribution in [0.4, 0.5) is 5.95 Å². The maximum atomic E-state index is 13.1. The predicted molar refractivity (Wildman–Crippen MR) is 121 cm³/mol. The number of anilines is 1. The summed E-state index contributed by atoms with van der Waals surface area (Å²) in [5.74, 6) is 1.39. The number of hydrogen-bond donors (Lipinski definition) is 2. The van der Waals surface area contributed by atoms with Gasteiger partial charge in [0.05, 0.1) is 16.8 Å². The first-order valence-corrected chi connectivity index (χ1v) is 10.3. The Kier molecular flexibility index (Phi) is 5.03. The quantitative estimate of drug-likeness (QED) is 0.478. The molecule has 2 aromatic carbocycles. The minimum Gasteiger partial charge on any atom is -0.486 e. The van der Waals surface area contributed by atoms with Crippen molar-refractivity contribution in [3.05, 3.63) is 71.5 Å². The Morgan fingerprint density at radius 1 is 0.875 bits per heavy atom. The molecule has 0 bridgehead atoms. The maximum absolute atomic E-state index is 13.1. The fourth-order valence-corrected chi connectivity index (χ4v) is 3.68. The number of fused-ring (bicyclic) bond motifs is 2. The third-order valence-corrected chi connectivity index (χ3v) is 5.07. The Balaban J connectivity index is 1.50. The van der Waals surface area contributed by atoms with Crippen LogP contribution in [0.2, 0.25) is 0 Å². The highest BCUT2D eigenvalue weighted by Crippen LogP contribution is 2.35. The molecule has 0 atom stereocenters. The number of ether oxygens (including phenoxy) is 2. The van der Waals surface area contributed by atoms with Crippen LogP contribution in [0.15, 0.2) is 54.6 Å². The van der Waals surface area contributed by atoms with Gasteiger partial charge in [0, 0.05) is 22.3 Å². The number of benzene rings is 2. The van der Waals surface area contributed by atoms with E-state index in [-0.39, 0.29) is 5.91 Å². The standard InChI is InChI=1S/C24H21N5O3/c1-14-11-15(2)26-24(25-14)29-28-23(30)18-13-20(27-19-6-4-3-5-17(18)19)16-7-8-21-22(12-16)32-10-9-31-21/h3-8,11-13H,9-10H2,1-2H3,(H,28,30)(H,25,26,29). The van der Waals surface area contributed by atoms with E-state index < -0.39 is 0 Å². The van der Waals surface area contributed by atoms with Crippen LogP contribution in [0, 0.1) is 13.8 Å². The van der Waals surface area contributed by atoms with Gasteiger partial charge < -0.3 is 9.47 Å². The first-order valence-electron chi connectivity index (χ1n) is 10.3. The lowest BCUT2D eigenvalue weighted by Gasteiger charge is -2.19. The second-order valence-electron chi connectivity index (χ2n) is 7.48. The van der Waals surface area contributed by atoms with Gasteiger partial charge in [-0.3, -0.25) is 15.6 Å². The molecular formula is C24H21N5O3. The fourth-order valence-electron chi connectivity index (χ4n) is 3.68. The number of rotatable bonds is 4. The Morgan fingerprint density at radius 3 is 2.44 bits per heavy atom. The molecule has 0 spiro atoms. The van der Waals surface area contributed by atoms with Gasteiger partial charge >= 0.3 is 0 Å². The zero-order valence-electron chi connectivity index (χ0n) is 17.7. The third-order valence-electron chi connectivity index (χ3n) is 5.07. The van der Waals surface area contributed by atoms with Crippen LogP contribution >= 0.6 is 0 Å². The van der Waals surface area contributed by atoms with E-state index in [1.807, 2.05) is 62.4 Å². The molecule has 32 heavy (non-hydrogen) atoms. The summed E-state index contributed by atoms with van der Waals surface area (Å²) in [6.07, 6.45) is 0. The molecule has 0 saturated heterocycles. The Hall–Kier alpha value is -4.20. The fraction of sp³-hybridized carbons (Fsp3) is 0.167. The number of hydrazine groups is 1. The summed E-state index contributed by atoms with van der Waals surface area (Å²) in [6.45, 7) is 4.78. The molecule has 0 fully saturated rings.